The van der Waals surface area contributed by atoms with Crippen LogP contribution in [0.5, 0.6) is 0 Å². The molecule has 3 rings (SSSR count). The van der Waals surface area contributed by atoms with Crippen molar-refractivity contribution in [3.8, 4) is 0 Å². The molecule has 0 radical (unpaired) electrons. The summed E-state index contributed by atoms with van der Waals surface area (Å²) in [5, 5.41) is 3.22. The minimum absolute atomic E-state index is 0.0828. The maximum atomic E-state index is 13.0. The standard InChI is InChI=1S/C18H23F3N2O/c19-18(20,21)16-4-2-1-3-14(16)11-22-15-7-8-17(24)23(10-9-15)12-13-5-6-13/h1-4,13,15,22H,5-12H2. The molecule has 2 aliphatic rings. The summed E-state index contributed by atoms with van der Waals surface area (Å²) >= 11 is 0. The van der Waals surface area contributed by atoms with Gasteiger partial charge in [-0.15, -0.1) is 0 Å². The first-order valence-electron chi connectivity index (χ1n) is 8.60. The Kier molecular flexibility index (Phi) is 5.13. The molecule has 0 aromatic heterocycles. The summed E-state index contributed by atoms with van der Waals surface area (Å²) in [6, 6.07) is 5.74. The highest BCUT2D eigenvalue weighted by atomic mass is 19.4. The SMILES string of the molecule is O=C1CCC(NCc2ccccc2C(F)(F)F)CCN1CC1CC1. The third-order valence-electron chi connectivity index (χ3n) is 4.89. The number of rotatable bonds is 5. The van der Waals surface area contributed by atoms with Gasteiger partial charge in [-0.3, -0.25) is 4.79 Å². The number of amides is 1. The van der Waals surface area contributed by atoms with Crippen molar-refractivity contribution >= 4 is 5.91 Å². The first-order chi connectivity index (χ1) is 11.4. The van der Waals surface area contributed by atoms with Gasteiger partial charge in [0.2, 0.25) is 5.91 Å². The topological polar surface area (TPSA) is 32.3 Å². The second-order valence-corrected chi connectivity index (χ2v) is 6.84. The molecule has 1 heterocycles. The average molecular weight is 340 g/mol. The molecule has 24 heavy (non-hydrogen) atoms. The van der Waals surface area contributed by atoms with Gasteiger partial charge in [0.15, 0.2) is 0 Å². The van der Waals surface area contributed by atoms with Crippen LogP contribution in [0.25, 0.3) is 0 Å². The number of hydrogen-bond acceptors (Lipinski definition) is 2. The van der Waals surface area contributed by atoms with E-state index in [4.69, 9.17) is 0 Å². The smallest absolute Gasteiger partial charge is 0.342 e. The zero-order valence-electron chi connectivity index (χ0n) is 13.6. The zero-order valence-corrected chi connectivity index (χ0v) is 13.6. The third kappa shape index (κ3) is 4.50. The lowest BCUT2D eigenvalue weighted by Crippen LogP contribution is -2.33. The lowest BCUT2D eigenvalue weighted by Gasteiger charge is -2.21. The number of nitrogens with zero attached hydrogens (tertiary/aromatic N) is 1. The van der Waals surface area contributed by atoms with E-state index in [1.54, 1.807) is 6.07 Å². The van der Waals surface area contributed by atoms with E-state index in [9.17, 15) is 18.0 Å². The molecular formula is C18H23F3N2O. The van der Waals surface area contributed by atoms with E-state index in [0.717, 1.165) is 19.0 Å². The Morgan fingerprint density at radius 2 is 1.88 bits per heavy atom. The number of carbonyl (C=O) groups is 1. The molecule has 3 nitrogen and oxygen atoms in total. The highest BCUT2D eigenvalue weighted by molar-refractivity contribution is 5.76. The fourth-order valence-corrected chi connectivity index (χ4v) is 3.25. The number of hydrogen-bond donors (Lipinski definition) is 1. The van der Waals surface area contributed by atoms with Gasteiger partial charge in [0, 0.05) is 32.1 Å². The van der Waals surface area contributed by atoms with Crippen molar-refractivity contribution in [2.24, 2.45) is 5.92 Å². The van der Waals surface area contributed by atoms with E-state index in [1.165, 1.54) is 25.0 Å². The van der Waals surface area contributed by atoms with Gasteiger partial charge in [-0.2, -0.15) is 13.2 Å². The summed E-state index contributed by atoms with van der Waals surface area (Å²) in [5.74, 6) is 0.846. The van der Waals surface area contributed by atoms with Crippen molar-refractivity contribution in [1.29, 1.82) is 0 Å². The molecule has 2 fully saturated rings. The van der Waals surface area contributed by atoms with Gasteiger partial charge < -0.3 is 10.2 Å². The molecule has 1 saturated carbocycles. The Morgan fingerprint density at radius 3 is 2.58 bits per heavy atom. The fraction of sp³-hybridized carbons (Fsp3) is 0.611. The van der Waals surface area contributed by atoms with Gasteiger partial charge in [0.05, 0.1) is 5.56 Å². The van der Waals surface area contributed by atoms with E-state index in [-0.39, 0.29) is 24.1 Å². The number of benzene rings is 1. The number of likely N-dealkylation sites (tertiary alicyclic amines) is 1. The molecular weight excluding hydrogens is 317 g/mol. The van der Waals surface area contributed by atoms with Crippen LogP contribution < -0.4 is 5.32 Å². The van der Waals surface area contributed by atoms with E-state index in [0.29, 0.717) is 25.3 Å². The van der Waals surface area contributed by atoms with E-state index < -0.39 is 11.7 Å². The molecule has 1 saturated heterocycles. The minimum atomic E-state index is -4.33. The van der Waals surface area contributed by atoms with Gasteiger partial charge >= 0.3 is 6.18 Å². The van der Waals surface area contributed by atoms with E-state index in [1.807, 2.05) is 4.90 Å². The van der Waals surface area contributed by atoms with Gasteiger partial charge in [-0.05, 0) is 43.2 Å². The first kappa shape index (κ1) is 17.3. The molecule has 0 spiro atoms. The highest BCUT2D eigenvalue weighted by Gasteiger charge is 2.33. The van der Waals surface area contributed by atoms with Crippen molar-refractivity contribution < 1.29 is 18.0 Å². The average Bonchev–Trinajstić information content (AvgIpc) is 3.36. The normalized spacial score (nSPS) is 22.5. The summed E-state index contributed by atoms with van der Waals surface area (Å²) in [6.45, 7) is 1.73. The van der Waals surface area contributed by atoms with Crippen LogP contribution in [-0.4, -0.2) is 29.9 Å². The predicted molar refractivity (Wildman–Crippen MR) is 85.2 cm³/mol. The van der Waals surface area contributed by atoms with Crippen molar-refractivity contribution in [2.45, 2.75) is 50.9 Å². The number of halogens is 3. The number of carbonyl (C=O) groups excluding carboxylic acids is 1. The van der Waals surface area contributed by atoms with Gasteiger partial charge in [0.25, 0.3) is 0 Å². The van der Waals surface area contributed by atoms with Gasteiger partial charge in [-0.1, -0.05) is 18.2 Å². The van der Waals surface area contributed by atoms with Crippen LogP contribution in [-0.2, 0) is 17.5 Å². The Bertz CT molecular complexity index is 584. The van der Waals surface area contributed by atoms with Crippen LogP contribution in [0.3, 0.4) is 0 Å². The molecule has 0 bridgehead atoms. The zero-order chi connectivity index (χ0) is 17.2. The number of alkyl halides is 3. The maximum absolute atomic E-state index is 13.0. The van der Waals surface area contributed by atoms with Crippen LogP contribution in [0, 0.1) is 5.92 Å². The Morgan fingerprint density at radius 1 is 1.12 bits per heavy atom. The fourth-order valence-electron chi connectivity index (χ4n) is 3.25. The van der Waals surface area contributed by atoms with E-state index >= 15 is 0 Å². The highest BCUT2D eigenvalue weighted by Crippen LogP contribution is 2.32. The molecule has 1 aliphatic heterocycles. The molecule has 1 N–H and O–H groups in total. The quantitative estimate of drug-likeness (QED) is 0.888. The van der Waals surface area contributed by atoms with Crippen LogP contribution in [0.2, 0.25) is 0 Å². The van der Waals surface area contributed by atoms with E-state index in [2.05, 4.69) is 5.32 Å². The third-order valence-corrected chi connectivity index (χ3v) is 4.89. The van der Waals surface area contributed by atoms with Crippen LogP contribution in [0.15, 0.2) is 24.3 Å². The molecule has 1 unspecified atom stereocenters. The summed E-state index contributed by atoms with van der Waals surface area (Å²) in [7, 11) is 0. The Labute approximate surface area is 140 Å². The van der Waals surface area contributed by atoms with Crippen molar-refractivity contribution in [3.05, 3.63) is 35.4 Å². The Hall–Kier alpha value is -1.56. The lowest BCUT2D eigenvalue weighted by molar-refractivity contribution is -0.138. The van der Waals surface area contributed by atoms with Crippen molar-refractivity contribution in [2.75, 3.05) is 13.1 Å². The molecule has 1 aromatic carbocycles. The molecule has 6 heteroatoms. The van der Waals surface area contributed by atoms with Crippen LogP contribution in [0.1, 0.15) is 43.2 Å². The first-order valence-corrected chi connectivity index (χ1v) is 8.60. The summed E-state index contributed by atoms with van der Waals surface area (Å²) < 4.78 is 39.1. The van der Waals surface area contributed by atoms with Gasteiger partial charge in [0.1, 0.15) is 0 Å². The van der Waals surface area contributed by atoms with Crippen LogP contribution >= 0.6 is 0 Å². The maximum Gasteiger partial charge on any atom is 0.416 e. The summed E-state index contributed by atoms with van der Waals surface area (Å²) in [6.07, 6.45) is 0.0459. The summed E-state index contributed by atoms with van der Waals surface area (Å²) in [4.78, 5) is 14.1. The van der Waals surface area contributed by atoms with Crippen molar-refractivity contribution in [3.63, 3.8) is 0 Å². The molecule has 1 aliphatic carbocycles. The predicted octanol–water partition coefficient (Wildman–Crippen LogP) is 3.59. The van der Waals surface area contributed by atoms with Crippen LogP contribution in [0.4, 0.5) is 13.2 Å². The molecule has 132 valence electrons. The minimum Gasteiger partial charge on any atom is -0.342 e. The molecule has 1 amide bonds. The lowest BCUT2D eigenvalue weighted by atomic mass is 10.1. The second kappa shape index (κ2) is 7.13. The summed E-state index contributed by atoms with van der Waals surface area (Å²) in [5.41, 5.74) is -0.326. The largest absolute Gasteiger partial charge is 0.416 e. The molecule has 1 aromatic rings. The monoisotopic (exact) mass is 340 g/mol. The molecule has 1 atom stereocenters. The van der Waals surface area contributed by atoms with Gasteiger partial charge in [-0.25, -0.2) is 0 Å². The Balaban J connectivity index is 1.56. The van der Waals surface area contributed by atoms with Crippen molar-refractivity contribution in [1.82, 2.24) is 10.2 Å². The number of nitrogens with one attached hydrogen (secondary N) is 1. The second-order valence-electron chi connectivity index (χ2n) is 6.84.